The molecule has 6 nitrogen and oxygen atoms in total. The van der Waals surface area contributed by atoms with Crippen LogP contribution in [-0.4, -0.2) is 32.2 Å². The molecule has 0 aliphatic carbocycles. The van der Waals surface area contributed by atoms with Gasteiger partial charge in [-0.25, -0.2) is 4.39 Å². The second-order valence-corrected chi connectivity index (χ2v) is 7.10. The lowest BCUT2D eigenvalue weighted by molar-refractivity contribution is -0.111. The molecule has 0 atom stereocenters. The smallest absolute Gasteiger partial charge is 0.247 e. The van der Waals surface area contributed by atoms with Gasteiger partial charge in [-0.3, -0.25) is 9.59 Å². The minimum atomic E-state index is -0.600. The number of carbonyl (C=O) groups is 1. The number of halogens is 1. The number of anilines is 2. The van der Waals surface area contributed by atoms with E-state index in [1.807, 2.05) is 4.90 Å². The standard InChI is InChI=1S/C20H17FN2O4S/c1-2-16(25)22-14-5-3-4-12(18(14)21)13-11-28-20-15(24)10-17(27-19(13)20)23-6-8-26-9-7-23/h2-5,10-11H,1,6-9H2,(H,22,25). The largest absolute Gasteiger partial charge is 0.439 e. The van der Waals surface area contributed by atoms with Crippen molar-refractivity contribution in [2.45, 2.75) is 0 Å². The summed E-state index contributed by atoms with van der Waals surface area (Å²) in [5, 5.41) is 4.13. The lowest BCUT2D eigenvalue weighted by Gasteiger charge is -2.27. The summed E-state index contributed by atoms with van der Waals surface area (Å²) in [5.41, 5.74) is 0.920. The fourth-order valence-electron chi connectivity index (χ4n) is 3.08. The van der Waals surface area contributed by atoms with Gasteiger partial charge in [0.25, 0.3) is 0 Å². The third-order valence-corrected chi connectivity index (χ3v) is 5.46. The quantitative estimate of drug-likeness (QED) is 0.678. The Hall–Kier alpha value is -2.97. The number of fused-ring (bicyclic) bond motifs is 1. The zero-order valence-corrected chi connectivity index (χ0v) is 15.7. The number of amides is 1. The molecule has 0 unspecified atom stereocenters. The Labute approximate surface area is 163 Å². The van der Waals surface area contributed by atoms with Gasteiger partial charge in [-0.1, -0.05) is 18.7 Å². The molecule has 144 valence electrons. The Morgan fingerprint density at radius 2 is 2.07 bits per heavy atom. The molecule has 0 bridgehead atoms. The molecule has 2 aromatic heterocycles. The summed E-state index contributed by atoms with van der Waals surface area (Å²) in [6.07, 6.45) is 1.07. The van der Waals surface area contributed by atoms with Crippen molar-refractivity contribution in [3.63, 3.8) is 0 Å². The lowest BCUT2D eigenvalue weighted by Crippen LogP contribution is -2.36. The monoisotopic (exact) mass is 400 g/mol. The van der Waals surface area contributed by atoms with Crippen LogP contribution < -0.4 is 15.6 Å². The molecule has 1 aliphatic heterocycles. The Bertz CT molecular complexity index is 1120. The topological polar surface area (TPSA) is 71.8 Å². The number of thiophene rings is 1. The molecular formula is C20H17FN2O4S. The first-order chi connectivity index (χ1) is 13.6. The van der Waals surface area contributed by atoms with Gasteiger partial charge in [0.1, 0.15) is 4.70 Å². The molecule has 4 rings (SSSR count). The number of morpholine rings is 1. The van der Waals surface area contributed by atoms with Crippen LogP contribution in [0.2, 0.25) is 0 Å². The summed E-state index contributed by atoms with van der Waals surface area (Å²) in [6.45, 7) is 5.71. The fourth-order valence-corrected chi connectivity index (χ4v) is 3.98. The first-order valence-corrected chi connectivity index (χ1v) is 9.57. The van der Waals surface area contributed by atoms with Gasteiger partial charge in [-0.15, -0.1) is 11.3 Å². The predicted molar refractivity (Wildman–Crippen MR) is 108 cm³/mol. The molecule has 0 spiro atoms. The highest BCUT2D eigenvalue weighted by atomic mass is 32.1. The summed E-state index contributed by atoms with van der Waals surface area (Å²) >= 11 is 1.20. The molecule has 1 amide bonds. The van der Waals surface area contributed by atoms with E-state index < -0.39 is 11.7 Å². The third kappa shape index (κ3) is 3.32. The maximum absolute atomic E-state index is 15.0. The van der Waals surface area contributed by atoms with E-state index in [1.165, 1.54) is 23.5 Å². The summed E-state index contributed by atoms with van der Waals surface area (Å²) in [6, 6.07) is 6.14. The molecule has 1 saturated heterocycles. The van der Waals surface area contributed by atoms with E-state index >= 15 is 4.39 Å². The van der Waals surface area contributed by atoms with Gasteiger partial charge in [0, 0.05) is 35.7 Å². The van der Waals surface area contributed by atoms with E-state index in [0.29, 0.717) is 48.0 Å². The lowest BCUT2D eigenvalue weighted by atomic mass is 10.1. The molecule has 3 heterocycles. The average Bonchev–Trinajstić information content (AvgIpc) is 3.14. The van der Waals surface area contributed by atoms with Crippen LogP contribution in [0.25, 0.3) is 21.4 Å². The average molecular weight is 400 g/mol. The molecule has 1 aliphatic rings. The highest BCUT2D eigenvalue weighted by Crippen LogP contribution is 2.37. The van der Waals surface area contributed by atoms with Crippen LogP contribution in [0.4, 0.5) is 16.0 Å². The molecule has 8 heteroatoms. The molecule has 0 saturated carbocycles. The maximum atomic E-state index is 15.0. The number of ether oxygens (including phenoxy) is 1. The van der Waals surface area contributed by atoms with Gasteiger partial charge in [-0.2, -0.15) is 0 Å². The highest BCUT2D eigenvalue weighted by Gasteiger charge is 2.21. The van der Waals surface area contributed by atoms with Gasteiger partial charge in [0.05, 0.1) is 18.9 Å². The second-order valence-electron chi connectivity index (χ2n) is 6.22. The van der Waals surface area contributed by atoms with Crippen molar-refractivity contribution in [3.8, 4) is 11.1 Å². The van der Waals surface area contributed by atoms with Crippen LogP contribution in [0.5, 0.6) is 0 Å². The second kappa shape index (κ2) is 7.57. The van der Waals surface area contributed by atoms with Crippen LogP contribution >= 0.6 is 11.3 Å². The zero-order chi connectivity index (χ0) is 19.7. The Morgan fingerprint density at radius 1 is 1.29 bits per heavy atom. The number of benzene rings is 1. The van der Waals surface area contributed by atoms with Crippen molar-refractivity contribution >= 4 is 39.1 Å². The molecule has 1 aromatic carbocycles. The SMILES string of the molecule is C=CC(=O)Nc1cccc(-c2csc3c(=O)cc(N4CCOCC4)oc23)c1F. The molecule has 1 fully saturated rings. The molecule has 28 heavy (non-hydrogen) atoms. The summed E-state index contributed by atoms with van der Waals surface area (Å²) in [4.78, 5) is 26.0. The van der Waals surface area contributed by atoms with Gasteiger partial charge in [0.15, 0.2) is 17.3 Å². The normalized spacial score (nSPS) is 14.2. The minimum Gasteiger partial charge on any atom is -0.439 e. The van der Waals surface area contributed by atoms with Crippen molar-refractivity contribution in [1.82, 2.24) is 0 Å². The summed E-state index contributed by atoms with van der Waals surface area (Å²) < 4.78 is 26.8. The first-order valence-electron chi connectivity index (χ1n) is 8.69. The molecule has 0 radical (unpaired) electrons. The number of rotatable bonds is 4. The van der Waals surface area contributed by atoms with Crippen molar-refractivity contribution in [2.24, 2.45) is 0 Å². The van der Waals surface area contributed by atoms with Gasteiger partial charge in [0.2, 0.25) is 11.3 Å². The zero-order valence-electron chi connectivity index (χ0n) is 14.9. The highest BCUT2D eigenvalue weighted by molar-refractivity contribution is 7.17. The Kier molecular flexibility index (Phi) is 4.97. The summed E-state index contributed by atoms with van der Waals surface area (Å²) in [5.74, 6) is -0.666. The van der Waals surface area contributed by atoms with E-state index in [1.54, 1.807) is 17.5 Å². The number of nitrogens with zero attached hydrogens (tertiary/aromatic N) is 1. The van der Waals surface area contributed by atoms with E-state index in [2.05, 4.69) is 11.9 Å². The molecular weight excluding hydrogens is 383 g/mol. The van der Waals surface area contributed by atoms with E-state index in [0.717, 1.165) is 6.08 Å². The van der Waals surface area contributed by atoms with Gasteiger partial charge in [-0.05, 0) is 12.1 Å². The number of carbonyl (C=O) groups excluding carboxylic acids is 1. The third-order valence-electron chi connectivity index (χ3n) is 4.49. The molecule has 1 N–H and O–H groups in total. The fraction of sp³-hybridized carbons (Fsp3) is 0.200. The van der Waals surface area contributed by atoms with Gasteiger partial charge >= 0.3 is 0 Å². The predicted octanol–water partition coefficient (Wildman–Crippen LogP) is 3.62. The van der Waals surface area contributed by atoms with E-state index in [4.69, 9.17) is 9.15 Å². The van der Waals surface area contributed by atoms with Crippen molar-refractivity contribution < 1.29 is 18.3 Å². The van der Waals surface area contributed by atoms with Crippen LogP contribution in [0, 0.1) is 5.82 Å². The first kappa shape index (κ1) is 18.4. The Balaban J connectivity index is 1.82. The number of hydrogen-bond donors (Lipinski definition) is 1. The maximum Gasteiger partial charge on any atom is 0.247 e. The Morgan fingerprint density at radius 3 is 2.82 bits per heavy atom. The van der Waals surface area contributed by atoms with Crippen LogP contribution in [-0.2, 0) is 9.53 Å². The number of nitrogens with one attached hydrogen (secondary N) is 1. The minimum absolute atomic E-state index is 0.0356. The number of hydrogen-bond acceptors (Lipinski definition) is 6. The molecule has 3 aromatic rings. The van der Waals surface area contributed by atoms with Crippen LogP contribution in [0.15, 0.2) is 51.5 Å². The van der Waals surface area contributed by atoms with Crippen molar-refractivity contribution in [2.75, 3.05) is 36.5 Å². The van der Waals surface area contributed by atoms with Crippen molar-refractivity contribution in [1.29, 1.82) is 0 Å². The van der Waals surface area contributed by atoms with Gasteiger partial charge < -0.3 is 19.4 Å². The van der Waals surface area contributed by atoms with E-state index in [-0.39, 0.29) is 16.7 Å². The van der Waals surface area contributed by atoms with Crippen LogP contribution in [0.1, 0.15) is 0 Å². The van der Waals surface area contributed by atoms with E-state index in [9.17, 15) is 9.59 Å². The van der Waals surface area contributed by atoms with Crippen LogP contribution in [0.3, 0.4) is 0 Å². The van der Waals surface area contributed by atoms with Crippen molar-refractivity contribution in [3.05, 3.63) is 58.3 Å². The summed E-state index contributed by atoms with van der Waals surface area (Å²) in [7, 11) is 0.